The SMILES string of the molecule is CCCCC(=S)NC1CCC(CCN2CCN(c3nsc4ccccc34)CC2)CC1. The fourth-order valence-electron chi connectivity index (χ4n) is 4.88. The number of aromatic nitrogens is 1. The molecule has 6 heteroatoms. The number of unbranched alkanes of at least 4 members (excludes halogenated alkanes) is 1. The first-order valence-corrected chi connectivity index (χ1v) is 13.0. The number of anilines is 1. The van der Waals surface area contributed by atoms with Crippen molar-refractivity contribution in [1.82, 2.24) is 14.6 Å². The van der Waals surface area contributed by atoms with Gasteiger partial charge in [-0.1, -0.05) is 37.7 Å². The monoisotopic (exact) mass is 444 g/mol. The van der Waals surface area contributed by atoms with Gasteiger partial charge in [-0.25, -0.2) is 0 Å². The predicted molar refractivity (Wildman–Crippen MR) is 134 cm³/mol. The van der Waals surface area contributed by atoms with Gasteiger partial charge in [0.1, 0.15) is 5.82 Å². The standard InChI is InChI=1S/C24H36N4S2/c1-2-3-8-23(29)25-20-11-9-19(10-12-20)13-14-27-15-17-28(18-16-27)24-21-6-4-5-7-22(21)30-26-24/h4-7,19-20H,2-3,8-18H2,1H3,(H,25,29). The van der Waals surface area contributed by atoms with E-state index in [0.29, 0.717) is 6.04 Å². The van der Waals surface area contributed by atoms with Crippen molar-refractivity contribution in [1.29, 1.82) is 0 Å². The molecule has 0 amide bonds. The van der Waals surface area contributed by atoms with Crippen molar-refractivity contribution >= 4 is 44.6 Å². The second kappa shape index (κ2) is 10.9. The molecule has 0 atom stereocenters. The molecule has 1 saturated heterocycles. The normalized spacial score (nSPS) is 23.0. The summed E-state index contributed by atoms with van der Waals surface area (Å²) >= 11 is 7.13. The molecule has 1 aliphatic heterocycles. The van der Waals surface area contributed by atoms with Gasteiger partial charge in [0.25, 0.3) is 0 Å². The summed E-state index contributed by atoms with van der Waals surface area (Å²) in [5, 5.41) is 4.94. The molecular weight excluding hydrogens is 408 g/mol. The predicted octanol–water partition coefficient (Wildman–Crippen LogP) is 5.47. The lowest BCUT2D eigenvalue weighted by molar-refractivity contribution is 0.214. The van der Waals surface area contributed by atoms with Crippen LogP contribution in [-0.2, 0) is 0 Å². The maximum Gasteiger partial charge on any atom is 0.150 e. The Morgan fingerprint density at radius 1 is 1.13 bits per heavy atom. The van der Waals surface area contributed by atoms with Gasteiger partial charge >= 0.3 is 0 Å². The van der Waals surface area contributed by atoms with Gasteiger partial charge in [0.15, 0.2) is 0 Å². The molecule has 0 radical (unpaired) electrons. The average Bonchev–Trinajstić information content (AvgIpc) is 3.22. The zero-order chi connectivity index (χ0) is 20.8. The molecule has 2 heterocycles. The van der Waals surface area contributed by atoms with Gasteiger partial charge in [-0.05, 0) is 81.1 Å². The lowest BCUT2D eigenvalue weighted by Gasteiger charge is -2.36. The first kappa shape index (κ1) is 22.0. The van der Waals surface area contributed by atoms with E-state index in [0.717, 1.165) is 43.5 Å². The minimum atomic E-state index is 0.627. The Balaban J connectivity index is 1.15. The van der Waals surface area contributed by atoms with Gasteiger partial charge in [0.05, 0.1) is 9.69 Å². The topological polar surface area (TPSA) is 31.4 Å². The molecule has 2 aliphatic rings. The molecule has 30 heavy (non-hydrogen) atoms. The van der Waals surface area contributed by atoms with E-state index in [-0.39, 0.29) is 0 Å². The highest BCUT2D eigenvalue weighted by Gasteiger charge is 2.24. The van der Waals surface area contributed by atoms with E-state index in [1.807, 2.05) is 0 Å². The van der Waals surface area contributed by atoms with Crippen molar-refractivity contribution in [2.75, 3.05) is 37.6 Å². The number of nitrogens with one attached hydrogen (secondary N) is 1. The summed E-state index contributed by atoms with van der Waals surface area (Å²) in [4.78, 5) is 6.23. The second-order valence-corrected chi connectivity index (χ2v) is 10.3. The third-order valence-corrected chi connectivity index (χ3v) is 7.99. The number of thiocarbonyl (C=S) groups is 1. The van der Waals surface area contributed by atoms with Crippen molar-refractivity contribution < 1.29 is 0 Å². The largest absolute Gasteiger partial charge is 0.377 e. The van der Waals surface area contributed by atoms with Gasteiger partial charge in [0, 0.05) is 37.6 Å². The Bertz CT molecular complexity index is 804. The Hall–Kier alpha value is -1.24. The van der Waals surface area contributed by atoms with Crippen molar-refractivity contribution in [3.63, 3.8) is 0 Å². The van der Waals surface area contributed by atoms with Gasteiger partial charge in [-0.2, -0.15) is 4.37 Å². The van der Waals surface area contributed by atoms with Crippen LogP contribution < -0.4 is 10.2 Å². The molecule has 0 spiro atoms. The Morgan fingerprint density at radius 3 is 2.67 bits per heavy atom. The van der Waals surface area contributed by atoms with E-state index >= 15 is 0 Å². The quantitative estimate of drug-likeness (QED) is 0.545. The Labute approximate surface area is 191 Å². The minimum Gasteiger partial charge on any atom is -0.377 e. The number of hydrogen-bond acceptors (Lipinski definition) is 5. The molecule has 2 aromatic rings. The van der Waals surface area contributed by atoms with Crippen LogP contribution in [-0.4, -0.2) is 53.0 Å². The van der Waals surface area contributed by atoms with E-state index in [9.17, 15) is 0 Å². The maximum atomic E-state index is 5.51. The van der Waals surface area contributed by atoms with E-state index in [1.165, 1.54) is 67.4 Å². The number of fused-ring (bicyclic) bond motifs is 1. The fourth-order valence-corrected chi connectivity index (χ4v) is 5.99. The molecule has 0 unspecified atom stereocenters. The van der Waals surface area contributed by atoms with Crippen molar-refractivity contribution in [2.45, 2.75) is 64.3 Å². The zero-order valence-corrected chi connectivity index (χ0v) is 19.9. The summed E-state index contributed by atoms with van der Waals surface area (Å²) in [6, 6.07) is 9.24. The molecule has 1 aliphatic carbocycles. The smallest absolute Gasteiger partial charge is 0.150 e. The maximum absolute atomic E-state index is 5.51. The minimum absolute atomic E-state index is 0.627. The molecule has 2 fully saturated rings. The summed E-state index contributed by atoms with van der Waals surface area (Å²) in [6.45, 7) is 8.00. The average molecular weight is 445 g/mol. The fraction of sp³-hybridized carbons (Fsp3) is 0.667. The van der Waals surface area contributed by atoms with Crippen molar-refractivity contribution in [3.05, 3.63) is 24.3 Å². The number of piperazine rings is 1. The Kier molecular flexibility index (Phi) is 7.96. The number of benzene rings is 1. The van der Waals surface area contributed by atoms with Crippen LogP contribution in [0, 0.1) is 5.92 Å². The van der Waals surface area contributed by atoms with Crippen LogP contribution in [0.4, 0.5) is 5.82 Å². The van der Waals surface area contributed by atoms with E-state index in [4.69, 9.17) is 16.6 Å². The van der Waals surface area contributed by atoms with Crippen molar-refractivity contribution in [3.8, 4) is 0 Å². The first-order valence-electron chi connectivity index (χ1n) is 11.8. The van der Waals surface area contributed by atoms with E-state index in [1.54, 1.807) is 11.5 Å². The lowest BCUT2D eigenvalue weighted by Crippen LogP contribution is -2.47. The summed E-state index contributed by atoms with van der Waals surface area (Å²) < 4.78 is 6.04. The van der Waals surface area contributed by atoms with Gasteiger partial charge in [0.2, 0.25) is 0 Å². The summed E-state index contributed by atoms with van der Waals surface area (Å²) in [5.74, 6) is 2.09. The summed E-state index contributed by atoms with van der Waals surface area (Å²) in [5.41, 5.74) is 0. The van der Waals surface area contributed by atoms with Crippen LogP contribution in [0.2, 0.25) is 0 Å². The van der Waals surface area contributed by atoms with Crippen molar-refractivity contribution in [2.24, 2.45) is 5.92 Å². The highest BCUT2D eigenvalue weighted by molar-refractivity contribution is 7.80. The van der Waals surface area contributed by atoms with Crippen LogP contribution in [0.1, 0.15) is 58.3 Å². The molecule has 164 valence electrons. The van der Waals surface area contributed by atoms with E-state index < -0.39 is 0 Å². The molecule has 1 saturated carbocycles. The zero-order valence-electron chi connectivity index (χ0n) is 18.3. The molecule has 4 rings (SSSR count). The number of nitrogens with zero attached hydrogens (tertiary/aromatic N) is 3. The second-order valence-electron chi connectivity index (χ2n) is 9.01. The number of rotatable bonds is 8. The van der Waals surface area contributed by atoms with Gasteiger partial charge in [-0.3, -0.25) is 4.90 Å². The summed E-state index contributed by atoms with van der Waals surface area (Å²) in [6.07, 6.45) is 10.2. The van der Waals surface area contributed by atoms with E-state index in [2.05, 4.69) is 46.3 Å². The first-order chi connectivity index (χ1) is 14.7. The number of hydrogen-bond donors (Lipinski definition) is 1. The van der Waals surface area contributed by atoms with Gasteiger partial charge in [-0.15, -0.1) is 0 Å². The lowest BCUT2D eigenvalue weighted by atomic mass is 9.84. The van der Waals surface area contributed by atoms with Gasteiger partial charge < -0.3 is 10.2 Å². The van der Waals surface area contributed by atoms with Crippen LogP contribution in [0.3, 0.4) is 0 Å². The highest BCUT2D eigenvalue weighted by Crippen LogP contribution is 2.30. The molecule has 1 aromatic carbocycles. The molecule has 1 N–H and O–H groups in total. The third-order valence-electron chi connectivity index (χ3n) is 6.85. The van der Waals surface area contributed by atoms with Crippen LogP contribution in [0.25, 0.3) is 10.1 Å². The highest BCUT2D eigenvalue weighted by atomic mass is 32.1. The summed E-state index contributed by atoms with van der Waals surface area (Å²) in [7, 11) is 0. The molecule has 1 aromatic heterocycles. The van der Waals surface area contributed by atoms with Crippen LogP contribution in [0.15, 0.2) is 24.3 Å². The molecular formula is C24H36N4S2. The molecule has 0 bridgehead atoms. The molecule has 4 nitrogen and oxygen atoms in total. The third kappa shape index (κ3) is 5.71. The van der Waals surface area contributed by atoms with Crippen LogP contribution >= 0.6 is 23.8 Å². The van der Waals surface area contributed by atoms with Crippen LogP contribution in [0.5, 0.6) is 0 Å². The Morgan fingerprint density at radius 2 is 1.90 bits per heavy atom.